The van der Waals surface area contributed by atoms with Gasteiger partial charge in [-0.05, 0) is 12.5 Å². The Labute approximate surface area is 119 Å². The van der Waals surface area contributed by atoms with Crippen LogP contribution in [0, 0.1) is 11.6 Å². The van der Waals surface area contributed by atoms with Crippen molar-refractivity contribution in [3.8, 4) is 5.75 Å². The molecular weight excluding hydrogens is 316 g/mol. The van der Waals surface area contributed by atoms with E-state index in [1.54, 1.807) is 0 Å². The number of carbonyl (C=O) groups excluding carboxylic acids is 1. The van der Waals surface area contributed by atoms with Crippen molar-refractivity contribution in [2.24, 2.45) is 0 Å². The molecule has 1 aromatic carbocycles. The van der Waals surface area contributed by atoms with Gasteiger partial charge in [-0.25, -0.2) is 17.2 Å². The molecule has 9 heteroatoms. The molecule has 0 saturated heterocycles. The van der Waals surface area contributed by atoms with Gasteiger partial charge in [-0.2, -0.15) is 0 Å². The van der Waals surface area contributed by atoms with E-state index in [4.69, 9.17) is 15.4 Å². The minimum absolute atomic E-state index is 0.116. The number of rotatable bonds is 6. The lowest BCUT2D eigenvalue weighted by atomic mass is 10.3. The van der Waals surface area contributed by atoms with Gasteiger partial charge in [-0.1, -0.05) is 0 Å². The summed E-state index contributed by atoms with van der Waals surface area (Å²) in [5, 5.41) is 2.38. The van der Waals surface area contributed by atoms with Gasteiger partial charge in [-0.15, -0.1) is 0 Å². The van der Waals surface area contributed by atoms with Gasteiger partial charge in [0.05, 0.1) is 6.61 Å². The molecule has 0 heterocycles. The Hall–Kier alpha value is -1.41. The normalized spacial score (nSPS) is 11.2. The molecule has 0 bridgehead atoms. The lowest BCUT2D eigenvalue weighted by Gasteiger charge is -2.10. The maximum atomic E-state index is 13.5. The molecular formula is C11H12ClF2NO4S. The second-order valence-electron chi connectivity index (χ2n) is 3.78. The molecule has 1 N–H and O–H groups in total. The Morgan fingerprint density at radius 3 is 2.60 bits per heavy atom. The van der Waals surface area contributed by atoms with Gasteiger partial charge in [0, 0.05) is 30.2 Å². The minimum atomic E-state index is -4.35. The van der Waals surface area contributed by atoms with E-state index in [-0.39, 0.29) is 25.4 Å². The summed E-state index contributed by atoms with van der Waals surface area (Å²) in [5.41, 5.74) is 0. The van der Waals surface area contributed by atoms with Gasteiger partial charge < -0.3 is 10.1 Å². The monoisotopic (exact) mass is 327 g/mol. The second kappa shape index (κ2) is 6.85. The predicted octanol–water partition coefficient (Wildman–Crippen LogP) is 1.80. The number of benzene rings is 1. The lowest BCUT2D eigenvalue weighted by Crippen LogP contribution is -2.18. The number of halogens is 3. The molecule has 1 rings (SSSR count). The minimum Gasteiger partial charge on any atom is -0.489 e. The summed E-state index contributed by atoms with van der Waals surface area (Å²) < 4.78 is 54.0. The summed E-state index contributed by atoms with van der Waals surface area (Å²) in [6, 6.07) is 1.05. The zero-order valence-corrected chi connectivity index (χ0v) is 12.0. The average molecular weight is 328 g/mol. The van der Waals surface area contributed by atoms with Crippen LogP contribution < -0.4 is 10.1 Å². The highest BCUT2D eigenvalue weighted by atomic mass is 35.7. The molecule has 0 aliphatic heterocycles. The lowest BCUT2D eigenvalue weighted by molar-refractivity contribution is -0.120. The van der Waals surface area contributed by atoms with Crippen LogP contribution in [0.1, 0.15) is 12.8 Å². The fourth-order valence-electron chi connectivity index (χ4n) is 1.39. The largest absolute Gasteiger partial charge is 0.489 e. The van der Waals surface area contributed by atoms with Crippen LogP contribution in [-0.2, 0) is 13.8 Å². The smallest absolute Gasteiger partial charge is 0.265 e. The van der Waals surface area contributed by atoms with Crippen LogP contribution >= 0.6 is 10.7 Å². The molecule has 1 aromatic rings. The van der Waals surface area contributed by atoms with E-state index in [9.17, 15) is 22.0 Å². The van der Waals surface area contributed by atoms with Crippen molar-refractivity contribution in [3.05, 3.63) is 23.8 Å². The van der Waals surface area contributed by atoms with Crippen LogP contribution in [0.5, 0.6) is 5.75 Å². The van der Waals surface area contributed by atoms with Crippen LogP contribution in [0.4, 0.5) is 8.78 Å². The molecule has 112 valence electrons. The number of nitrogens with one attached hydrogen (secondary N) is 1. The quantitative estimate of drug-likeness (QED) is 0.639. The Bertz CT molecular complexity index is 607. The molecule has 0 radical (unpaired) electrons. The summed E-state index contributed by atoms with van der Waals surface area (Å²) in [6.07, 6.45) is 0.362. The summed E-state index contributed by atoms with van der Waals surface area (Å²) in [6.45, 7) is -0.116. The summed E-state index contributed by atoms with van der Waals surface area (Å²) in [4.78, 5) is 10.2. The standard InChI is InChI=1S/C11H12ClF2NO4S/c1-15-10(16)3-2-4-19-11-8(14)5-7(13)6-9(11)20(12,17)18/h5-6H,2-4H2,1H3,(H,15,16). The van der Waals surface area contributed by atoms with Crippen LogP contribution in [0.3, 0.4) is 0 Å². The van der Waals surface area contributed by atoms with Crippen LogP contribution in [0.25, 0.3) is 0 Å². The van der Waals surface area contributed by atoms with Crippen LogP contribution in [-0.4, -0.2) is 28.0 Å². The molecule has 5 nitrogen and oxygen atoms in total. The number of hydrogen-bond acceptors (Lipinski definition) is 4. The molecule has 20 heavy (non-hydrogen) atoms. The molecule has 0 aliphatic carbocycles. The van der Waals surface area contributed by atoms with Crippen molar-refractivity contribution >= 4 is 25.6 Å². The number of amides is 1. The third-order valence-corrected chi connectivity index (χ3v) is 3.64. The first-order valence-electron chi connectivity index (χ1n) is 5.52. The number of ether oxygens (including phenoxy) is 1. The molecule has 0 aromatic heterocycles. The highest BCUT2D eigenvalue weighted by Crippen LogP contribution is 2.31. The van der Waals surface area contributed by atoms with Crippen molar-refractivity contribution in [2.45, 2.75) is 17.7 Å². The zero-order valence-electron chi connectivity index (χ0n) is 10.5. The van der Waals surface area contributed by atoms with Crippen LogP contribution in [0.2, 0.25) is 0 Å². The summed E-state index contributed by atoms with van der Waals surface area (Å²) in [7, 11) is 2.20. The van der Waals surface area contributed by atoms with Crippen molar-refractivity contribution in [1.82, 2.24) is 5.32 Å². The maximum absolute atomic E-state index is 13.5. The topological polar surface area (TPSA) is 72.5 Å². The van der Waals surface area contributed by atoms with Crippen molar-refractivity contribution < 1.29 is 26.7 Å². The summed E-state index contributed by atoms with van der Waals surface area (Å²) >= 11 is 0. The number of hydrogen-bond donors (Lipinski definition) is 1. The Kier molecular flexibility index (Phi) is 5.70. The van der Waals surface area contributed by atoms with E-state index in [0.29, 0.717) is 12.1 Å². The Morgan fingerprint density at radius 2 is 2.05 bits per heavy atom. The van der Waals surface area contributed by atoms with Gasteiger partial charge in [-0.3, -0.25) is 4.79 Å². The molecule has 0 fully saturated rings. The number of carbonyl (C=O) groups is 1. The van der Waals surface area contributed by atoms with Gasteiger partial charge in [0.2, 0.25) is 5.91 Å². The van der Waals surface area contributed by atoms with E-state index in [0.717, 1.165) is 0 Å². The van der Waals surface area contributed by atoms with Gasteiger partial charge in [0.15, 0.2) is 11.6 Å². The highest BCUT2D eigenvalue weighted by molar-refractivity contribution is 8.13. The maximum Gasteiger partial charge on any atom is 0.265 e. The fraction of sp³-hybridized carbons (Fsp3) is 0.364. The second-order valence-corrected chi connectivity index (χ2v) is 6.31. The molecule has 1 amide bonds. The van der Waals surface area contributed by atoms with E-state index in [2.05, 4.69) is 5.32 Å². The van der Waals surface area contributed by atoms with Gasteiger partial charge in [0.25, 0.3) is 9.05 Å². The van der Waals surface area contributed by atoms with E-state index < -0.39 is 31.3 Å². The van der Waals surface area contributed by atoms with Crippen molar-refractivity contribution in [3.63, 3.8) is 0 Å². The van der Waals surface area contributed by atoms with E-state index in [1.165, 1.54) is 7.05 Å². The first-order valence-corrected chi connectivity index (χ1v) is 7.83. The highest BCUT2D eigenvalue weighted by Gasteiger charge is 2.22. The average Bonchev–Trinajstić information content (AvgIpc) is 2.34. The van der Waals surface area contributed by atoms with E-state index in [1.807, 2.05) is 0 Å². The fourth-order valence-corrected chi connectivity index (χ4v) is 2.36. The third-order valence-electron chi connectivity index (χ3n) is 2.31. The zero-order chi connectivity index (χ0) is 15.3. The molecule has 0 atom stereocenters. The molecule has 0 saturated carbocycles. The van der Waals surface area contributed by atoms with Gasteiger partial charge in [0.1, 0.15) is 10.7 Å². The first kappa shape index (κ1) is 16.6. The van der Waals surface area contributed by atoms with Gasteiger partial charge >= 0.3 is 0 Å². The predicted molar refractivity (Wildman–Crippen MR) is 68.2 cm³/mol. The Morgan fingerprint density at radius 1 is 1.40 bits per heavy atom. The SMILES string of the molecule is CNC(=O)CCCOc1c(F)cc(F)cc1S(=O)(=O)Cl. The van der Waals surface area contributed by atoms with Crippen molar-refractivity contribution in [2.75, 3.05) is 13.7 Å². The molecule has 0 aliphatic rings. The van der Waals surface area contributed by atoms with E-state index >= 15 is 0 Å². The van der Waals surface area contributed by atoms with Crippen LogP contribution in [0.15, 0.2) is 17.0 Å². The first-order chi connectivity index (χ1) is 9.25. The van der Waals surface area contributed by atoms with Crippen molar-refractivity contribution in [1.29, 1.82) is 0 Å². The molecule has 0 spiro atoms. The third kappa shape index (κ3) is 4.61. The molecule has 0 unspecified atom stereocenters. The Balaban J connectivity index is 2.87. The summed E-state index contributed by atoms with van der Waals surface area (Å²) in [5.74, 6) is -3.15.